The highest BCUT2D eigenvalue weighted by Gasteiger charge is 2.26. The largest absolute Gasteiger partial charge is 0.321 e. The number of aromatic nitrogens is 3. The molecule has 0 radical (unpaired) electrons. The van der Waals surface area contributed by atoms with Crippen LogP contribution in [0.3, 0.4) is 0 Å². The zero-order chi connectivity index (χ0) is 10.8. The molecule has 0 aliphatic rings. The average molecular weight is 196 g/mol. The van der Waals surface area contributed by atoms with E-state index in [1.54, 1.807) is 6.33 Å². The van der Waals surface area contributed by atoms with E-state index in [9.17, 15) is 0 Å². The summed E-state index contributed by atoms with van der Waals surface area (Å²) in [4.78, 5) is 0. The Morgan fingerprint density at radius 3 is 2.64 bits per heavy atom. The van der Waals surface area contributed by atoms with Gasteiger partial charge >= 0.3 is 0 Å². The normalized spacial score (nSPS) is 14.4. The summed E-state index contributed by atoms with van der Waals surface area (Å²) in [7, 11) is 0. The number of hydrogen-bond acceptors (Lipinski definition) is 3. The van der Waals surface area contributed by atoms with Crippen LogP contribution in [0.15, 0.2) is 6.33 Å². The lowest BCUT2D eigenvalue weighted by Crippen LogP contribution is -2.29. The number of rotatable bonds is 3. The third-order valence-electron chi connectivity index (χ3n) is 2.32. The van der Waals surface area contributed by atoms with Crippen LogP contribution in [0.2, 0.25) is 0 Å². The molecule has 0 aromatic carbocycles. The van der Waals surface area contributed by atoms with E-state index < -0.39 is 0 Å². The van der Waals surface area contributed by atoms with E-state index in [0.717, 1.165) is 18.8 Å². The molecule has 0 amide bonds. The Labute approximate surface area is 85.5 Å². The maximum atomic E-state index is 6.12. The molecular weight excluding hydrogens is 176 g/mol. The SMILES string of the molecule is CCCn1cnnc1C(N)C(C)(C)C. The zero-order valence-electron chi connectivity index (χ0n) is 9.49. The highest BCUT2D eigenvalue weighted by atomic mass is 15.3. The molecule has 0 spiro atoms. The van der Waals surface area contributed by atoms with Crippen molar-refractivity contribution in [2.75, 3.05) is 0 Å². The van der Waals surface area contributed by atoms with Gasteiger partial charge in [0.2, 0.25) is 0 Å². The molecule has 0 aliphatic heterocycles. The first-order chi connectivity index (χ1) is 6.46. The summed E-state index contributed by atoms with van der Waals surface area (Å²) < 4.78 is 2.04. The van der Waals surface area contributed by atoms with Crippen LogP contribution in [-0.4, -0.2) is 14.8 Å². The lowest BCUT2D eigenvalue weighted by Gasteiger charge is -2.26. The van der Waals surface area contributed by atoms with Gasteiger partial charge in [0.05, 0.1) is 6.04 Å². The number of nitrogens with two attached hydrogens (primary N) is 1. The van der Waals surface area contributed by atoms with Gasteiger partial charge in [-0.15, -0.1) is 10.2 Å². The Bertz CT molecular complexity index is 285. The van der Waals surface area contributed by atoms with Crippen LogP contribution in [0.5, 0.6) is 0 Å². The summed E-state index contributed by atoms with van der Waals surface area (Å²) in [5, 5.41) is 8.00. The second-order valence-corrected chi connectivity index (χ2v) is 4.73. The highest BCUT2D eigenvalue weighted by molar-refractivity contribution is 4.98. The van der Waals surface area contributed by atoms with E-state index in [-0.39, 0.29) is 11.5 Å². The monoisotopic (exact) mass is 196 g/mol. The highest BCUT2D eigenvalue weighted by Crippen LogP contribution is 2.28. The summed E-state index contributed by atoms with van der Waals surface area (Å²) in [5.74, 6) is 0.888. The molecule has 0 saturated carbocycles. The van der Waals surface area contributed by atoms with Crippen LogP contribution in [0.25, 0.3) is 0 Å². The zero-order valence-corrected chi connectivity index (χ0v) is 9.49. The third kappa shape index (κ3) is 2.32. The molecule has 1 aromatic rings. The van der Waals surface area contributed by atoms with Crippen molar-refractivity contribution < 1.29 is 0 Å². The maximum absolute atomic E-state index is 6.12. The Morgan fingerprint density at radius 1 is 1.50 bits per heavy atom. The van der Waals surface area contributed by atoms with Gasteiger partial charge in [-0.2, -0.15) is 0 Å². The van der Waals surface area contributed by atoms with Gasteiger partial charge in [-0.3, -0.25) is 0 Å². The Morgan fingerprint density at radius 2 is 2.14 bits per heavy atom. The van der Waals surface area contributed by atoms with E-state index in [2.05, 4.69) is 37.9 Å². The molecular formula is C10H20N4. The molecule has 4 heteroatoms. The molecule has 0 bridgehead atoms. The fourth-order valence-corrected chi connectivity index (χ4v) is 1.31. The van der Waals surface area contributed by atoms with Crippen molar-refractivity contribution in [2.45, 2.75) is 46.7 Å². The molecule has 1 rings (SSSR count). The summed E-state index contributed by atoms with van der Waals surface area (Å²) in [6, 6.07) is -0.0588. The predicted molar refractivity (Wildman–Crippen MR) is 56.7 cm³/mol. The summed E-state index contributed by atoms with van der Waals surface area (Å²) in [6.45, 7) is 9.41. The standard InChI is InChI=1S/C10H20N4/c1-5-6-14-7-12-13-9(14)8(11)10(2,3)4/h7-8H,5-6,11H2,1-4H3. The number of aryl methyl sites for hydroxylation is 1. The molecule has 1 unspecified atom stereocenters. The Kier molecular flexibility index (Phi) is 3.26. The summed E-state index contributed by atoms with van der Waals surface area (Å²) in [5.41, 5.74) is 6.15. The first-order valence-corrected chi connectivity index (χ1v) is 5.10. The van der Waals surface area contributed by atoms with E-state index in [4.69, 9.17) is 5.73 Å². The van der Waals surface area contributed by atoms with Crippen LogP contribution in [-0.2, 0) is 6.54 Å². The van der Waals surface area contributed by atoms with Gasteiger partial charge in [-0.05, 0) is 11.8 Å². The quantitative estimate of drug-likeness (QED) is 0.801. The van der Waals surface area contributed by atoms with Gasteiger partial charge < -0.3 is 10.3 Å². The Balaban J connectivity index is 2.89. The van der Waals surface area contributed by atoms with Crippen molar-refractivity contribution in [1.82, 2.24) is 14.8 Å². The Hall–Kier alpha value is -0.900. The fourth-order valence-electron chi connectivity index (χ4n) is 1.31. The average Bonchev–Trinajstić information content (AvgIpc) is 2.50. The van der Waals surface area contributed by atoms with Crippen LogP contribution in [0.1, 0.15) is 46.0 Å². The van der Waals surface area contributed by atoms with Gasteiger partial charge in [0.1, 0.15) is 12.2 Å². The molecule has 4 nitrogen and oxygen atoms in total. The van der Waals surface area contributed by atoms with Crippen LogP contribution < -0.4 is 5.73 Å². The second kappa shape index (κ2) is 4.09. The van der Waals surface area contributed by atoms with Gasteiger partial charge in [-0.25, -0.2) is 0 Å². The molecule has 0 fully saturated rings. The molecule has 2 N–H and O–H groups in total. The van der Waals surface area contributed by atoms with Gasteiger partial charge in [0, 0.05) is 6.54 Å². The first-order valence-electron chi connectivity index (χ1n) is 5.10. The molecule has 0 aliphatic carbocycles. The van der Waals surface area contributed by atoms with E-state index >= 15 is 0 Å². The van der Waals surface area contributed by atoms with Crippen molar-refractivity contribution in [3.05, 3.63) is 12.2 Å². The molecule has 14 heavy (non-hydrogen) atoms. The molecule has 1 heterocycles. The topological polar surface area (TPSA) is 56.7 Å². The summed E-state index contributed by atoms with van der Waals surface area (Å²) >= 11 is 0. The molecule has 1 atom stereocenters. The van der Waals surface area contributed by atoms with Crippen molar-refractivity contribution in [2.24, 2.45) is 11.1 Å². The van der Waals surface area contributed by atoms with E-state index in [1.807, 2.05) is 4.57 Å². The summed E-state index contributed by atoms with van der Waals surface area (Å²) in [6.07, 6.45) is 2.83. The van der Waals surface area contributed by atoms with E-state index in [1.165, 1.54) is 0 Å². The molecule has 1 aromatic heterocycles. The number of hydrogen-bond donors (Lipinski definition) is 1. The van der Waals surface area contributed by atoms with Crippen molar-refractivity contribution in [3.63, 3.8) is 0 Å². The van der Waals surface area contributed by atoms with Crippen molar-refractivity contribution >= 4 is 0 Å². The molecule has 80 valence electrons. The lowest BCUT2D eigenvalue weighted by molar-refractivity contribution is 0.306. The first kappa shape index (κ1) is 11.2. The van der Waals surface area contributed by atoms with E-state index in [0.29, 0.717) is 0 Å². The molecule has 0 saturated heterocycles. The minimum atomic E-state index is -0.0588. The lowest BCUT2D eigenvalue weighted by atomic mass is 9.87. The van der Waals surface area contributed by atoms with Crippen LogP contribution in [0, 0.1) is 5.41 Å². The van der Waals surface area contributed by atoms with Crippen molar-refractivity contribution in [1.29, 1.82) is 0 Å². The second-order valence-electron chi connectivity index (χ2n) is 4.73. The van der Waals surface area contributed by atoms with Gasteiger partial charge in [0.25, 0.3) is 0 Å². The van der Waals surface area contributed by atoms with Gasteiger partial charge in [0.15, 0.2) is 0 Å². The smallest absolute Gasteiger partial charge is 0.150 e. The maximum Gasteiger partial charge on any atom is 0.150 e. The minimum absolute atomic E-state index is 0.0263. The fraction of sp³-hybridized carbons (Fsp3) is 0.800. The predicted octanol–water partition coefficient (Wildman–Crippen LogP) is 1.73. The third-order valence-corrected chi connectivity index (χ3v) is 2.32. The minimum Gasteiger partial charge on any atom is -0.321 e. The van der Waals surface area contributed by atoms with Crippen LogP contribution >= 0.6 is 0 Å². The number of nitrogens with zero attached hydrogens (tertiary/aromatic N) is 3. The van der Waals surface area contributed by atoms with Crippen LogP contribution in [0.4, 0.5) is 0 Å². The van der Waals surface area contributed by atoms with Gasteiger partial charge in [-0.1, -0.05) is 27.7 Å². The van der Waals surface area contributed by atoms with Crippen molar-refractivity contribution in [3.8, 4) is 0 Å².